The van der Waals surface area contributed by atoms with Crippen LogP contribution in [-0.4, -0.2) is 55.5 Å². The SMILES string of the molecule is CCCC(C(=O)OC(C)OC(=O)NCC1(CC(=O)O)CCCCC1)C1OCCO1. The maximum atomic E-state index is 12.4. The summed E-state index contributed by atoms with van der Waals surface area (Å²) in [6.07, 6.45) is 3.34. The minimum atomic E-state index is -1.08. The number of ether oxygens (including phenoxy) is 4. The number of esters is 1. The molecule has 1 aliphatic heterocycles. The van der Waals surface area contributed by atoms with E-state index in [1.807, 2.05) is 6.92 Å². The zero-order valence-electron chi connectivity index (χ0n) is 17.3. The van der Waals surface area contributed by atoms with Gasteiger partial charge < -0.3 is 29.4 Å². The number of nitrogens with one attached hydrogen (secondary N) is 1. The lowest BCUT2D eigenvalue weighted by Crippen LogP contribution is -2.42. The first-order valence-corrected chi connectivity index (χ1v) is 10.5. The van der Waals surface area contributed by atoms with Gasteiger partial charge in [0.25, 0.3) is 0 Å². The van der Waals surface area contributed by atoms with Crippen molar-refractivity contribution in [1.29, 1.82) is 0 Å². The predicted molar refractivity (Wildman–Crippen MR) is 102 cm³/mol. The second kappa shape index (κ2) is 11.3. The van der Waals surface area contributed by atoms with Gasteiger partial charge in [-0.3, -0.25) is 9.59 Å². The molecule has 0 aromatic rings. The third-order valence-corrected chi connectivity index (χ3v) is 5.48. The minimum absolute atomic E-state index is 0.0118. The van der Waals surface area contributed by atoms with Gasteiger partial charge in [0.2, 0.25) is 6.29 Å². The summed E-state index contributed by atoms with van der Waals surface area (Å²) in [5.41, 5.74) is -0.452. The van der Waals surface area contributed by atoms with Crippen LogP contribution in [0.1, 0.15) is 65.2 Å². The smallest absolute Gasteiger partial charge is 0.410 e. The second-order valence-corrected chi connectivity index (χ2v) is 7.90. The lowest BCUT2D eigenvalue weighted by atomic mass is 9.72. The molecule has 29 heavy (non-hydrogen) atoms. The zero-order chi connectivity index (χ0) is 21.3. The van der Waals surface area contributed by atoms with E-state index in [0.29, 0.717) is 19.6 Å². The Kier molecular flexibility index (Phi) is 9.16. The number of carboxylic acid groups (broad SMARTS) is 1. The van der Waals surface area contributed by atoms with Gasteiger partial charge in [-0.25, -0.2) is 4.79 Å². The highest BCUT2D eigenvalue weighted by molar-refractivity contribution is 5.73. The molecule has 2 rings (SSSR count). The van der Waals surface area contributed by atoms with Crippen molar-refractivity contribution < 1.29 is 38.4 Å². The van der Waals surface area contributed by atoms with Gasteiger partial charge in [-0.05, 0) is 24.7 Å². The molecule has 0 bridgehead atoms. The van der Waals surface area contributed by atoms with E-state index in [4.69, 9.17) is 18.9 Å². The summed E-state index contributed by atoms with van der Waals surface area (Å²) >= 11 is 0. The molecule has 9 heteroatoms. The number of carbonyl (C=O) groups is 3. The lowest BCUT2D eigenvalue weighted by Gasteiger charge is -2.36. The quantitative estimate of drug-likeness (QED) is 0.413. The molecule has 2 atom stereocenters. The maximum Gasteiger partial charge on any atom is 0.410 e. The molecule has 2 fully saturated rings. The van der Waals surface area contributed by atoms with E-state index in [1.54, 1.807) is 0 Å². The average molecular weight is 415 g/mol. The molecule has 0 radical (unpaired) electrons. The van der Waals surface area contributed by atoms with Gasteiger partial charge in [0.15, 0.2) is 6.29 Å². The summed E-state index contributed by atoms with van der Waals surface area (Å²) in [5.74, 6) is -1.98. The van der Waals surface area contributed by atoms with Crippen LogP contribution in [0, 0.1) is 11.3 Å². The summed E-state index contributed by atoms with van der Waals surface area (Å²) in [6, 6.07) is 0. The van der Waals surface area contributed by atoms with Crippen LogP contribution in [0.3, 0.4) is 0 Å². The minimum Gasteiger partial charge on any atom is -0.481 e. The van der Waals surface area contributed by atoms with Crippen molar-refractivity contribution in [2.75, 3.05) is 19.8 Å². The number of carbonyl (C=O) groups excluding carboxylic acids is 2. The second-order valence-electron chi connectivity index (χ2n) is 7.90. The van der Waals surface area contributed by atoms with Crippen LogP contribution in [-0.2, 0) is 28.5 Å². The molecular weight excluding hydrogens is 382 g/mol. The zero-order valence-corrected chi connectivity index (χ0v) is 17.3. The van der Waals surface area contributed by atoms with Crippen molar-refractivity contribution in [3.05, 3.63) is 0 Å². The predicted octanol–water partition coefficient (Wildman–Crippen LogP) is 2.82. The Morgan fingerprint density at radius 1 is 1.14 bits per heavy atom. The monoisotopic (exact) mass is 415 g/mol. The fourth-order valence-corrected chi connectivity index (χ4v) is 4.05. The average Bonchev–Trinajstić information content (AvgIpc) is 3.19. The Labute approximate surface area is 171 Å². The van der Waals surface area contributed by atoms with Crippen LogP contribution in [0.4, 0.5) is 4.79 Å². The molecule has 2 unspecified atom stereocenters. The summed E-state index contributed by atoms with van der Waals surface area (Å²) in [5, 5.41) is 11.9. The molecule has 1 heterocycles. The van der Waals surface area contributed by atoms with E-state index in [0.717, 1.165) is 38.5 Å². The molecular formula is C20H33NO8. The maximum absolute atomic E-state index is 12.4. The fraction of sp³-hybridized carbons (Fsp3) is 0.850. The third-order valence-electron chi connectivity index (χ3n) is 5.48. The van der Waals surface area contributed by atoms with Gasteiger partial charge in [-0.1, -0.05) is 32.6 Å². The summed E-state index contributed by atoms with van der Waals surface area (Å²) in [7, 11) is 0. The van der Waals surface area contributed by atoms with Gasteiger partial charge in [-0.2, -0.15) is 0 Å². The first-order valence-electron chi connectivity index (χ1n) is 10.5. The third kappa shape index (κ3) is 7.47. The van der Waals surface area contributed by atoms with Crippen molar-refractivity contribution in [2.45, 2.75) is 77.8 Å². The van der Waals surface area contributed by atoms with Crippen LogP contribution in [0.15, 0.2) is 0 Å². The molecule has 166 valence electrons. The molecule has 9 nitrogen and oxygen atoms in total. The Hall–Kier alpha value is -1.87. The topological polar surface area (TPSA) is 120 Å². The van der Waals surface area contributed by atoms with Crippen molar-refractivity contribution >= 4 is 18.0 Å². The highest BCUT2D eigenvalue weighted by atomic mass is 16.7. The highest BCUT2D eigenvalue weighted by Crippen LogP contribution is 2.38. The Bertz CT molecular complexity index is 555. The molecule has 2 aliphatic rings. The van der Waals surface area contributed by atoms with Gasteiger partial charge in [0.05, 0.1) is 19.6 Å². The number of hydrogen-bond donors (Lipinski definition) is 2. The van der Waals surface area contributed by atoms with E-state index >= 15 is 0 Å². The Balaban J connectivity index is 1.81. The van der Waals surface area contributed by atoms with Crippen molar-refractivity contribution in [3.63, 3.8) is 0 Å². The molecule has 2 N–H and O–H groups in total. The molecule has 1 saturated carbocycles. The van der Waals surface area contributed by atoms with Gasteiger partial charge in [0, 0.05) is 13.5 Å². The van der Waals surface area contributed by atoms with Crippen LogP contribution in [0.5, 0.6) is 0 Å². The van der Waals surface area contributed by atoms with Gasteiger partial charge >= 0.3 is 18.0 Å². The van der Waals surface area contributed by atoms with Gasteiger partial charge in [-0.15, -0.1) is 0 Å². The number of rotatable bonds is 10. The van der Waals surface area contributed by atoms with E-state index in [1.165, 1.54) is 6.92 Å². The summed E-state index contributed by atoms with van der Waals surface area (Å²) in [4.78, 5) is 35.8. The normalized spacial score (nSPS) is 21.2. The standard InChI is InChI=1S/C20H33NO8/c1-3-7-15(18-26-10-11-27-18)17(24)28-14(2)29-19(25)21-13-20(12-16(22)23)8-5-4-6-9-20/h14-15,18H,3-13H2,1-2H3,(H,21,25)(H,22,23). The number of aliphatic carboxylic acids is 1. The first-order chi connectivity index (χ1) is 13.8. The van der Waals surface area contributed by atoms with Crippen LogP contribution < -0.4 is 5.32 Å². The molecule has 0 aromatic carbocycles. The highest BCUT2D eigenvalue weighted by Gasteiger charge is 2.36. The summed E-state index contributed by atoms with van der Waals surface area (Å²) in [6.45, 7) is 4.50. The number of alkyl carbamates (subject to hydrolysis) is 1. The molecule has 1 saturated heterocycles. The Morgan fingerprint density at radius 3 is 2.38 bits per heavy atom. The van der Waals surface area contributed by atoms with E-state index in [2.05, 4.69) is 5.32 Å². The molecule has 1 amide bonds. The molecule has 0 spiro atoms. The first kappa shape index (κ1) is 23.4. The van der Waals surface area contributed by atoms with Crippen molar-refractivity contribution in [3.8, 4) is 0 Å². The van der Waals surface area contributed by atoms with Crippen molar-refractivity contribution in [1.82, 2.24) is 5.32 Å². The summed E-state index contributed by atoms with van der Waals surface area (Å²) < 4.78 is 21.2. The molecule has 0 aromatic heterocycles. The van der Waals surface area contributed by atoms with E-state index in [-0.39, 0.29) is 13.0 Å². The number of carboxylic acids is 1. The van der Waals surface area contributed by atoms with E-state index in [9.17, 15) is 19.5 Å². The van der Waals surface area contributed by atoms with Crippen LogP contribution in [0.2, 0.25) is 0 Å². The van der Waals surface area contributed by atoms with Crippen LogP contribution in [0.25, 0.3) is 0 Å². The Morgan fingerprint density at radius 2 is 1.79 bits per heavy atom. The van der Waals surface area contributed by atoms with E-state index < -0.39 is 41.9 Å². The number of amides is 1. The molecule has 1 aliphatic carbocycles. The lowest BCUT2D eigenvalue weighted by molar-refractivity contribution is -0.184. The van der Waals surface area contributed by atoms with Gasteiger partial charge in [0.1, 0.15) is 5.92 Å². The van der Waals surface area contributed by atoms with Crippen LogP contribution >= 0.6 is 0 Å². The number of hydrogen-bond acceptors (Lipinski definition) is 7. The largest absolute Gasteiger partial charge is 0.481 e. The fourth-order valence-electron chi connectivity index (χ4n) is 4.05. The van der Waals surface area contributed by atoms with Crippen molar-refractivity contribution in [2.24, 2.45) is 11.3 Å².